The van der Waals surface area contributed by atoms with Crippen LogP contribution in [0.15, 0.2) is 24.3 Å². The van der Waals surface area contributed by atoms with E-state index in [1.54, 1.807) is 4.90 Å². The van der Waals surface area contributed by atoms with Gasteiger partial charge >= 0.3 is 0 Å². The molecular weight excluding hydrogens is 326 g/mol. The average Bonchev–Trinajstić information content (AvgIpc) is 3.02. The first kappa shape index (κ1) is 18.9. The van der Waals surface area contributed by atoms with Crippen LogP contribution in [0.25, 0.3) is 0 Å². The summed E-state index contributed by atoms with van der Waals surface area (Å²) in [5, 5.41) is 0. The lowest BCUT2D eigenvalue weighted by Crippen LogP contribution is -2.42. The Morgan fingerprint density at radius 3 is 2.54 bits per heavy atom. The number of anilines is 1. The van der Waals surface area contributed by atoms with Gasteiger partial charge in [-0.1, -0.05) is 18.2 Å². The molecule has 0 spiro atoms. The Bertz CT molecular complexity index is 650. The topological polar surface area (TPSA) is 43.9 Å². The number of amides is 2. The van der Waals surface area contributed by atoms with E-state index in [2.05, 4.69) is 19.0 Å². The van der Waals surface area contributed by atoms with Gasteiger partial charge in [0.05, 0.1) is 5.92 Å². The second-order valence-electron chi connectivity index (χ2n) is 8.05. The lowest BCUT2D eigenvalue weighted by molar-refractivity contribution is -0.137. The fourth-order valence-electron chi connectivity index (χ4n) is 4.11. The number of benzene rings is 1. The van der Waals surface area contributed by atoms with E-state index in [9.17, 15) is 9.59 Å². The third kappa shape index (κ3) is 4.26. The summed E-state index contributed by atoms with van der Waals surface area (Å²) < 4.78 is 0. The standard InChI is InChI=1S/C21H31N3O2/c1-16-6-4-5-7-19(16)24-15-18(14-20(24)25)21(26)23-12-9-17(10-13-23)8-11-22(2)3/h4-7,17-18H,8-15H2,1-3H3/t18-/m0/s1. The monoisotopic (exact) mass is 357 g/mol. The predicted octanol–water partition coefficient (Wildman–Crippen LogP) is 2.54. The number of rotatable bonds is 5. The SMILES string of the molecule is Cc1ccccc1N1C[C@@H](C(=O)N2CCC(CCN(C)C)CC2)CC1=O. The van der Waals surface area contributed by atoms with E-state index in [1.165, 1.54) is 6.42 Å². The molecule has 0 saturated carbocycles. The molecule has 0 aliphatic carbocycles. The van der Waals surface area contributed by atoms with Crippen LogP contribution >= 0.6 is 0 Å². The van der Waals surface area contributed by atoms with E-state index in [0.29, 0.717) is 13.0 Å². The summed E-state index contributed by atoms with van der Waals surface area (Å²) in [6.07, 6.45) is 3.72. The summed E-state index contributed by atoms with van der Waals surface area (Å²) in [6, 6.07) is 7.90. The number of para-hydroxylation sites is 1. The van der Waals surface area contributed by atoms with Crippen molar-refractivity contribution in [3.8, 4) is 0 Å². The van der Waals surface area contributed by atoms with Gasteiger partial charge in [0, 0.05) is 31.7 Å². The number of hydrogen-bond acceptors (Lipinski definition) is 3. The van der Waals surface area contributed by atoms with Crippen LogP contribution in [-0.4, -0.2) is 61.9 Å². The number of piperidine rings is 1. The van der Waals surface area contributed by atoms with Crippen molar-refractivity contribution in [3.63, 3.8) is 0 Å². The highest BCUT2D eigenvalue weighted by Crippen LogP contribution is 2.30. The largest absolute Gasteiger partial charge is 0.342 e. The van der Waals surface area contributed by atoms with E-state index < -0.39 is 0 Å². The summed E-state index contributed by atoms with van der Waals surface area (Å²) in [5.74, 6) is 0.759. The Morgan fingerprint density at radius 1 is 1.19 bits per heavy atom. The minimum Gasteiger partial charge on any atom is -0.342 e. The summed E-state index contributed by atoms with van der Waals surface area (Å²) in [6.45, 7) is 5.32. The molecule has 0 aromatic heterocycles. The molecule has 1 atom stereocenters. The van der Waals surface area contributed by atoms with Crippen molar-refractivity contribution in [2.75, 3.05) is 45.2 Å². The van der Waals surface area contributed by atoms with Gasteiger partial charge in [0.15, 0.2) is 0 Å². The van der Waals surface area contributed by atoms with Crippen molar-refractivity contribution in [2.45, 2.75) is 32.6 Å². The van der Waals surface area contributed by atoms with Crippen LogP contribution in [-0.2, 0) is 9.59 Å². The maximum absolute atomic E-state index is 12.9. The number of likely N-dealkylation sites (tertiary alicyclic amines) is 1. The highest BCUT2D eigenvalue weighted by Gasteiger charge is 2.38. The van der Waals surface area contributed by atoms with Gasteiger partial charge in [-0.2, -0.15) is 0 Å². The molecule has 2 aliphatic rings. The molecule has 0 radical (unpaired) electrons. The van der Waals surface area contributed by atoms with E-state index in [4.69, 9.17) is 0 Å². The number of nitrogens with zero attached hydrogens (tertiary/aromatic N) is 3. The molecule has 2 saturated heterocycles. The lowest BCUT2D eigenvalue weighted by Gasteiger charge is -2.34. The van der Waals surface area contributed by atoms with Gasteiger partial charge in [-0.3, -0.25) is 9.59 Å². The summed E-state index contributed by atoms with van der Waals surface area (Å²) in [5.41, 5.74) is 2.02. The third-order valence-corrected chi connectivity index (χ3v) is 5.79. The molecule has 2 amide bonds. The van der Waals surface area contributed by atoms with Crippen LogP contribution in [0.5, 0.6) is 0 Å². The van der Waals surface area contributed by atoms with Crippen LogP contribution in [0.4, 0.5) is 5.69 Å². The van der Waals surface area contributed by atoms with E-state index in [1.807, 2.05) is 36.1 Å². The van der Waals surface area contributed by atoms with Crippen LogP contribution in [0.2, 0.25) is 0 Å². The highest BCUT2D eigenvalue weighted by molar-refractivity contribution is 6.00. The van der Waals surface area contributed by atoms with Crippen molar-refractivity contribution in [1.29, 1.82) is 0 Å². The van der Waals surface area contributed by atoms with Crippen LogP contribution < -0.4 is 4.90 Å². The number of aryl methyl sites for hydroxylation is 1. The predicted molar refractivity (Wildman–Crippen MR) is 104 cm³/mol. The molecule has 2 heterocycles. The molecular formula is C21H31N3O2. The summed E-state index contributed by atoms with van der Waals surface area (Å²) >= 11 is 0. The molecule has 26 heavy (non-hydrogen) atoms. The Hall–Kier alpha value is -1.88. The minimum atomic E-state index is -0.194. The Balaban J connectivity index is 1.55. The van der Waals surface area contributed by atoms with Gasteiger partial charge in [-0.15, -0.1) is 0 Å². The van der Waals surface area contributed by atoms with Gasteiger partial charge in [-0.05, 0) is 64.4 Å². The van der Waals surface area contributed by atoms with Crippen molar-refractivity contribution in [3.05, 3.63) is 29.8 Å². The Labute approximate surface area is 156 Å². The minimum absolute atomic E-state index is 0.0681. The van der Waals surface area contributed by atoms with Crippen LogP contribution in [0, 0.1) is 18.8 Å². The summed E-state index contributed by atoms with van der Waals surface area (Å²) in [4.78, 5) is 31.4. The smallest absolute Gasteiger partial charge is 0.228 e. The first-order chi connectivity index (χ1) is 12.5. The van der Waals surface area contributed by atoms with E-state index in [0.717, 1.165) is 49.6 Å². The second-order valence-corrected chi connectivity index (χ2v) is 8.05. The van der Waals surface area contributed by atoms with Gasteiger partial charge in [0.2, 0.25) is 11.8 Å². The molecule has 2 fully saturated rings. The van der Waals surface area contributed by atoms with Crippen molar-refractivity contribution < 1.29 is 9.59 Å². The maximum Gasteiger partial charge on any atom is 0.228 e. The number of hydrogen-bond donors (Lipinski definition) is 0. The molecule has 2 aliphatic heterocycles. The molecule has 1 aromatic carbocycles. The molecule has 142 valence electrons. The van der Waals surface area contributed by atoms with Crippen molar-refractivity contribution in [1.82, 2.24) is 9.80 Å². The zero-order valence-corrected chi connectivity index (χ0v) is 16.3. The number of carbonyl (C=O) groups excluding carboxylic acids is 2. The van der Waals surface area contributed by atoms with Gasteiger partial charge in [0.25, 0.3) is 0 Å². The van der Waals surface area contributed by atoms with Crippen LogP contribution in [0.1, 0.15) is 31.2 Å². The zero-order valence-electron chi connectivity index (χ0n) is 16.3. The van der Waals surface area contributed by atoms with Gasteiger partial charge < -0.3 is 14.7 Å². The van der Waals surface area contributed by atoms with E-state index in [-0.39, 0.29) is 17.7 Å². The van der Waals surface area contributed by atoms with Crippen molar-refractivity contribution >= 4 is 17.5 Å². The Morgan fingerprint density at radius 2 is 1.88 bits per heavy atom. The van der Waals surface area contributed by atoms with Crippen LogP contribution in [0.3, 0.4) is 0 Å². The van der Waals surface area contributed by atoms with Gasteiger partial charge in [-0.25, -0.2) is 0 Å². The molecule has 0 unspecified atom stereocenters. The summed E-state index contributed by atoms with van der Waals surface area (Å²) in [7, 11) is 4.21. The average molecular weight is 357 g/mol. The highest BCUT2D eigenvalue weighted by atomic mass is 16.2. The maximum atomic E-state index is 12.9. The molecule has 0 N–H and O–H groups in total. The first-order valence-corrected chi connectivity index (χ1v) is 9.75. The molecule has 0 bridgehead atoms. The fourth-order valence-corrected chi connectivity index (χ4v) is 4.11. The molecule has 1 aromatic rings. The molecule has 5 nitrogen and oxygen atoms in total. The Kier molecular flexibility index (Phi) is 5.97. The normalized spacial score (nSPS) is 21.7. The second kappa shape index (κ2) is 8.21. The zero-order chi connectivity index (χ0) is 18.7. The van der Waals surface area contributed by atoms with E-state index >= 15 is 0 Å². The molecule has 3 rings (SSSR count). The molecule has 5 heteroatoms. The number of carbonyl (C=O) groups is 2. The van der Waals surface area contributed by atoms with Crippen molar-refractivity contribution in [2.24, 2.45) is 11.8 Å². The lowest BCUT2D eigenvalue weighted by atomic mass is 9.92. The van der Waals surface area contributed by atoms with Gasteiger partial charge in [0.1, 0.15) is 0 Å². The quantitative estimate of drug-likeness (QED) is 0.813. The first-order valence-electron chi connectivity index (χ1n) is 9.75. The third-order valence-electron chi connectivity index (χ3n) is 5.79. The fraction of sp³-hybridized carbons (Fsp3) is 0.619.